The Morgan fingerprint density at radius 2 is 1.83 bits per heavy atom. The van der Waals surface area contributed by atoms with Crippen LogP contribution in [0.1, 0.15) is 17.2 Å². The molecule has 1 atom stereocenters. The molecule has 0 spiro atoms. The molecule has 0 aromatic heterocycles. The molecule has 1 heterocycles. The molecule has 2 rings (SSSR count). The van der Waals surface area contributed by atoms with E-state index >= 15 is 0 Å². The van der Waals surface area contributed by atoms with Crippen LogP contribution in [0.25, 0.3) is 0 Å². The summed E-state index contributed by atoms with van der Waals surface area (Å²) in [6.45, 7) is 2.71. The van der Waals surface area contributed by atoms with Gasteiger partial charge in [-0.25, -0.2) is 0 Å². The highest BCUT2D eigenvalue weighted by atomic mass is 32.2. The first-order chi connectivity index (χ1) is 8.75. The maximum absolute atomic E-state index is 10.1. The van der Waals surface area contributed by atoms with Crippen LogP contribution in [-0.4, -0.2) is 40.7 Å². The number of hydrogen-bond donors (Lipinski definition) is 2. The van der Waals surface area contributed by atoms with Crippen LogP contribution in [0.4, 0.5) is 0 Å². The maximum atomic E-state index is 10.1. The number of thioether (sulfide) groups is 2. The van der Waals surface area contributed by atoms with Crippen LogP contribution in [0.15, 0.2) is 24.3 Å². The van der Waals surface area contributed by atoms with Gasteiger partial charge in [0.2, 0.25) is 0 Å². The van der Waals surface area contributed by atoms with Gasteiger partial charge in [-0.2, -0.15) is 23.5 Å². The maximum Gasteiger partial charge on any atom is 0.0914 e. The predicted octanol–water partition coefficient (Wildman–Crippen LogP) is 2.47. The third-order valence-corrected chi connectivity index (χ3v) is 5.59. The van der Waals surface area contributed by atoms with Crippen LogP contribution in [0.2, 0.25) is 0 Å². The molecule has 0 unspecified atom stereocenters. The van der Waals surface area contributed by atoms with Crippen molar-refractivity contribution < 1.29 is 5.11 Å². The molecule has 100 valence electrons. The van der Waals surface area contributed by atoms with Crippen molar-refractivity contribution in [3.63, 3.8) is 0 Å². The molecule has 1 aromatic carbocycles. The molecular weight excluding hydrogens is 262 g/mol. The Hall–Kier alpha value is -0.160. The topological polar surface area (TPSA) is 32.3 Å². The molecule has 0 amide bonds. The zero-order valence-corrected chi connectivity index (χ0v) is 12.4. The minimum Gasteiger partial charge on any atom is -0.387 e. The summed E-state index contributed by atoms with van der Waals surface area (Å²) >= 11 is 4.02. The lowest BCUT2D eigenvalue weighted by atomic mass is 10.1. The Morgan fingerprint density at radius 3 is 2.44 bits per heavy atom. The lowest BCUT2D eigenvalue weighted by Gasteiger charge is -2.18. The minimum absolute atomic E-state index is 0.399. The highest BCUT2D eigenvalue weighted by Crippen LogP contribution is 2.18. The van der Waals surface area contributed by atoms with Gasteiger partial charge < -0.3 is 10.4 Å². The van der Waals surface area contributed by atoms with Crippen molar-refractivity contribution in [1.29, 1.82) is 0 Å². The zero-order chi connectivity index (χ0) is 12.8. The van der Waals surface area contributed by atoms with Crippen molar-refractivity contribution in [3.8, 4) is 0 Å². The van der Waals surface area contributed by atoms with Gasteiger partial charge in [0, 0.05) is 35.6 Å². The number of aliphatic hydroxyl groups is 1. The summed E-state index contributed by atoms with van der Waals surface area (Å²) < 4.78 is 0. The first-order valence-corrected chi connectivity index (χ1v) is 8.70. The Kier molecular flexibility index (Phi) is 5.89. The Bertz CT molecular complexity index is 347. The minimum atomic E-state index is -0.399. The molecule has 1 aliphatic heterocycles. The fraction of sp³-hybridized carbons (Fsp3) is 0.571. The van der Waals surface area contributed by atoms with Gasteiger partial charge >= 0.3 is 0 Å². The molecule has 18 heavy (non-hydrogen) atoms. The molecule has 2 nitrogen and oxygen atoms in total. The van der Waals surface area contributed by atoms with E-state index in [0.717, 1.165) is 17.1 Å². The standard InChI is InChI=1S/C14H21NOS2/c1-11-2-4-12(5-3-11)14(16)8-15-13-9-17-6-7-18-10-13/h2-5,13-16H,6-10H2,1H3/t14-/m0/s1. The van der Waals surface area contributed by atoms with E-state index in [2.05, 4.69) is 24.4 Å². The Morgan fingerprint density at radius 1 is 1.22 bits per heavy atom. The van der Waals surface area contributed by atoms with Crippen molar-refractivity contribution in [2.75, 3.05) is 29.6 Å². The monoisotopic (exact) mass is 283 g/mol. The molecule has 0 radical (unpaired) electrons. The van der Waals surface area contributed by atoms with E-state index in [4.69, 9.17) is 0 Å². The van der Waals surface area contributed by atoms with E-state index in [0.29, 0.717) is 12.6 Å². The third kappa shape index (κ3) is 4.50. The molecule has 0 aliphatic carbocycles. The van der Waals surface area contributed by atoms with Crippen molar-refractivity contribution in [1.82, 2.24) is 5.32 Å². The summed E-state index contributed by atoms with van der Waals surface area (Å²) in [5.41, 5.74) is 2.23. The first kappa shape index (κ1) is 14.3. The molecule has 0 saturated carbocycles. The van der Waals surface area contributed by atoms with Gasteiger partial charge in [-0.1, -0.05) is 29.8 Å². The molecule has 1 saturated heterocycles. The average Bonchev–Trinajstić information content (AvgIpc) is 2.65. The van der Waals surface area contributed by atoms with E-state index in [9.17, 15) is 5.11 Å². The summed E-state index contributed by atoms with van der Waals surface area (Å²) in [6, 6.07) is 8.66. The van der Waals surface area contributed by atoms with E-state index < -0.39 is 6.10 Å². The largest absolute Gasteiger partial charge is 0.387 e. The molecule has 1 aliphatic rings. The number of aryl methyl sites for hydroxylation is 1. The predicted molar refractivity (Wildman–Crippen MR) is 82.6 cm³/mol. The van der Waals surface area contributed by atoms with Gasteiger partial charge in [0.1, 0.15) is 0 Å². The van der Waals surface area contributed by atoms with Crippen LogP contribution in [0.3, 0.4) is 0 Å². The highest BCUT2D eigenvalue weighted by Gasteiger charge is 2.14. The smallest absolute Gasteiger partial charge is 0.0914 e. The second-order valence-corrected chi connectivity index (χ2v) is 6.98. The molecule has 4 heteroatoms. The quantitative estimate of drug-likeness (QED) is 0.889. The summed E-state index contributed by atoms with van der Waals surface area (Å²) in [5, 5.41) is 13.6. The highest BCUT2D eigenvalue weighted by molar-refractivity contribution is 8.03. The number of aliphatic hydroxyl groups excluding tert-OH is 1. The summed E-state index contributed by atoms with van der Waals surface area (Å²) in [4.78, 5) is 0. The van der Waals surface area contributed by atoms with Crippen molar-refractivity contribution in [2.45, 2.75) is 19.1 Å². The molecule has 2 N–H and O–H groups in total. The van der Waals surface area contributed by atoms with Crippen molar-refractivity contribution in [2.24, 2.45) is 0 Å². The van der Waals surface area contributed by atoms with Crippen LogP contribution in [0, 0.1) is 6.92 Å². The summed E-state index contributed by atoms with van der Waals surface area (Å²) in [5.74, 6) is 4.83. The molecule has 1 fully saturated rings. The van der Waals surface area contributed by atoms with E-state index in [1.54, 1.807) is 0 Å². The van der Waals surface area contributed by atoms with Gasteiger partial charge in [0.25, 0.3) is 0 Å². The average molecular weight is 283 g/mol. The van der Waals surface area contributed by atoms with Crippen LogP contribution >= 0.6 is 23.5 Å². The van der Waals surface area contributed by atoms with Gasteiger partial charge in [-0.05, 0) is 12.5 Å². The number of rotatable bonds is 4. The number of benzene rings is 1. The third-order valence-electron chi connectivity index (χ3n) is 3.07. The van der Waals surface area contributed by atoms with E-state index in [1.807, 2.05) is 35.7 Å². The second kappa shape index (κ2) is 7.43. The normalized spacial score (nSPS) is 19.4. The Balaban J connectivity index is 1.80. The van der Waals surface area contributed by atoms with E-state index in [1.165, 1.54) is 17.1 Å². The van der Waals surface area contributed by atoms with Crippen LogP contribution in [0.5, 0.6) is 0 Å². The van der Waals surface area contributed by atoms with Crippen LogP contribution < -0.4 is 5.32 Å². The summed E-state index contributed by atoms with van der Waals surface area (Å²) in [7, 11) is 0. The lowest BCUT2D eigenvalue weighted by Crippen LogP contribution is -2.36. The van der Waals surface area contributed by atoms with Crippen LogP contribution in [-0.2, 0) is 0 Å². The van der Waals surface area contributed by atoms with Gasteiger partial charge in [-0.15, -0.1) is 0 Å². The van der Waals surface area contributed by atoms with Gasteiger partial charge in [0.05, 0.1) is 6.10 Å². The van der Waals surface area contributed by atoms with Crippen molar-refractivity contribution >= 4 is 23.5 Å². The fourth-order valence-corrected chi connectivity index (χ4v) is 4.39. The van der Waals surface area contributed by atoms with E-state index in [-0.39, 0.29) is 0 Å². The molecular formula is C14H21NOS2. The second-order valence-electron chi connectivity index (χ2n) is 4.68. The number of nitrogens with one attached hydrogen (secondary N) is 1. The van der Waals surface area contributed by atoms with Gasteiger partial charge in [0.15, 0.2) is 0 Å². The molecule has 1 aromatic rings. The summed E-state index contributed by atoms with van der Waals surface area (Å²) in [6.07, 6.45) is -0.399. The number of hydrogen-bond acceptors (Lipinski definition) is 4. The first-order valence-electron chi connectivity index (χ1n) is 6.39. The van der Waals surface area contributed by atoms with Gasteiger partial charge in [-0.3, -0.25) is 0 Å². The lowest BCUT2D eigenvalue weighted by molar-refractivity contribution is 0.172. The SMILES string of the molecule is Cc1ccc([C@@H](O)CNC2CSCCSC2)cc1. The Labute approximate surface area is 118 Å². The van der Waals surface area contributed by atoms with Crippen molar-refractivity contribution in [3.05, 3.63) is 35.4 Å². The fourth-order valence-electron chi connectivity index (χ4n) is 1.92. The molecule has 0 bridgehead atoms. The zero-order valence-electron chi connectivity index (χ0n) is 10.8.